The van der Waals surface area contributed by atoms with Gasteiger partial charge < -0.3 is 10.00 Å². The van der Waals surface area contributed by atoms with Crippen LogP contribution >= 0.6 is 7.60 Å². The van der Waals surface area contributed by atoms with Crippen molar-refractivity contribution in [3.63, 3.8) is 0 Å². The third-order valence-electron chi connectivity index (χ3n) is 0.957. The molecule has 0 saturated carbocycles. The van der Waals surface area contributed by atoms with Gasteiger partial charge in [0.25, 0.3) is 0 Å². The van der Waals surface area contributed by atoms with Gasteiger partial charge in [-0.2, -0.15) is 0 Å². The molecule has 0 rings (SSSR count). The quantitative estimate of drug-likeness (QED) is 0.476. The Kier molecular flexibility index (Phi) is 4.81. The van der Waals surface area contributed by atoms with Gasteiger partial charge in [-0.3, -0.25) is 4.57 Å². The van der Waals surface area contributed by atoms with Gasteiger partial charge in [-0.05, 0) is 17.4 Å². The molecule has 6 heteroatoms. The zero-order valence-electron chi connectivity index (χ0n) is 5.36. The van der Waals surface area contributed by atoms with Crippen LogP contribution < -0.4 is 0 Å². The van der Waals surface area contributed by atoms with E-state index in [1.54, 1.807) is 0 Å². The predicted molar refractivity (Wildman–Crippen MR) is 33.2 cm³/mol. The molecule has 0 spiro atoms. The Morgan fingerprint density at radius 3 is 2.50 bits per heavy atom. The molecule has 1 unspecified atom stereocenters. The van der Waals surface area contributed by atoms with E-state index in [1.807, 2.05) is 0 Å². The zero-order chi connectivity index (χ0) is 8.04. The largest absolute Gasteiger partial charge is 0.396 e. The summed E-state index contributed by atoms with van der Waals surface area (Å²) in [5.74, 6) is 0. The van der Waals surface area contributed by atoms with Crippen molar-refractivity contribution in [3.05, 3.63) is 0 Å². The number of rotatable bonds is 5. The summed E-state index contributed by atoms with van der Waals surface area (Å²) in [7, 11) is -3.98. The molecule has 10 heavy (non-hydrogen) atoms. The molecule has 0 bridgehead atoms. The molecule has 0 saturated heterocycles. The van der Waals surface area contributed by atoms with E-state index < -0.39 is 7.60 Å². The summed E-state index contributed by atoms with van der Waals surface area (Å²) in [6, 6.07) is 0. The van der Waals surface area contributed by atoms with Crippen LogP contribution in [0, 0.1) is 0 Å². The SMILES string of the molecule is O=P(O)(CCCCO)OF. The molecule has 0 aromatic rings. The Morgan fingerprint density at radius 2 is 2.10 bits per heavy atom. The average molecular weight is 172 g/mol. The molecule has 0 amide bonds. The van der Waals surface area contributed by atoms with Crippen molar-refractivity contribution in [1.29, 1.82) is 0 Å². The topological polar surface area (TPSA) is 66.8 Å². The molecule has 0 aliphatic heterocycles. The highest BCUT2D eigenvalue weighted by atomic mass is 31.2. The first-order valence-electron chi connectivity index (χ1n) is 2.85. The van der Waals surface area contributed by atoms with Gasteiger partial charge in [-0.1, -0.05) is 0 Å². The van der Waals surface area contributed by atoms with Crippen LogP contribution in [-0.4, -0.2) is 22.8 Å². The summed E-state index contributed by atoms with van der Waals surface area (Å²) in [5, 5.41) is 8.23. The van der Waals surface area contributed by atoms with Crippen LogP contribution in [0.25, 0.3) is 0 Å². The smallest absolute Gasteiger partial charge is 0.361 e. The summed E-state index contributed by atoms with van der Waals surface area (Å²) in [6.45, 7) is -0.0632. The van der Waals surface area contributed by atoms with E-state index in [0.717, 1.165) is 0 Å². The fraction of sp³-hybridized carbons (Fsp3) is 1.00. The van der Waals surface area contributed by atoms with Gasteiger partial charge in [-0.15, -0.1) is 4.73 Å². The highest BCUT2D eigenvalue weighted by Crippen LogP contribution is 2.42. The normalized spacial score (nSPS) is 16.7. The number of hydrogen-bond donors (Lipinski definition) is 2. The number of aliphatic hydroxyl groups is 1. The van der Waals surface area contributed by atoms with E-state index in [-0.39, 0.29) is 19.2 Å². The van der Waals surface area contributed by atoms with Gasteiger partial charge in [0.05, 0.1) is 6.16 Å². The second kappa shape index (κ2) is 4.79. The minimum atomic E-state index is -3.98. The van der Waals surface area contributed by atoms with Crippen molar-refractivity contribution in [2.45, 2.75) is 12.8 Å². The molecule has 62 valence electrons. The summed E-state index contributed by atoms with van der Waals surface area (Å²) < 4.78 is 24.3. The lowest BCUT2D eigenvalue weighted by molar-refractivity contribution is -0.0189. The van der Waals surface area contributed by atoms with Gasteiger partial charge in [-0.25, -0.2) is 0 Å². The van der Waals surface area contributed by atoms with Crippen LogP contribution in [-0.2, 0) is 9.29 Å². The van der Waals surface area contributed by atoms with Crippen LogP contribution in [0.5, 0.6) is 0 Å². The van der Waals surface area contributed by atoms with Crippen molar-refractivity contribution in [3.8, 4) is 0 Å². The van der Waals surface area contributed by atoms with E-state index in [2.05, 4.69) is 4.73 Å². The number of hydrogen-bond acceptors (Lipinski definition) is 3. The molecule has 1 atom stereocenters. The maximum Gasteiger partial charge on any atom is 0.361 e. The third kappa shape index (κ3) is 4.88. The van der Waals surface area contributed by atoms with Crippen molar-refractivity contribution in [2.75, 3.05) is 12.8 Å². The number of unbranched alkanes of at least 4 members (excludes halogenated alkanes) is 1. The average Bonchev–Trinajstić information content (AvgIpc) is 1.89. The second-order valence-electron chi connectivity index (χ2n) is 1.86. The fourth-order valence-corrected chi connectivity index (χ4v) is 1.15. The van der Waals surface area contributed by atoms with Crippen molar-refractivity contribution in [1.82, 2.24) is 0 Å². The van der Waals surface area contributed by atoms with E-state index in [0.29, 0.717) is 6.42 Å². The Bertz CT molecular complexity index is 128. The lowest BCUT2D eigenvalue weighted by Gasteiger charge is -2.02. The van der Waals surface area contributed by atoms with Crippen LogP contribution in [0.4, 0.5) is 4.53 Å². The highest BCUT2D eigenvalue weighted by Gasteiger charge is 2.18. The Balaban J connectivity index is 3.38. The van der Waals surface area contributed by atoms with Crippen LogP contribution in [0.3, 0.4) is 0 Å². The van der Waals surface area contributed by atoms with Crippen LogP contribution in [0.15, 0.2) is 0 Å². The van der Waals surface area contributed by atoms with Crippen molar-refractivity contribution >= 4 is 7.60 Å². The molecular formula is C4H10FO4P. The van der Waals surface area contributed by atoms with Gasteiger partial charge in [0.1, 0.15) is 0 Å². The Morgan fingerprint density at radius 1 is 1.50 bits per heavy atom. The lowest BCUT2D eigenvalue weighted by atomic mass is 10.4. The van der Waals surface area contributed by atoms with E-state index in [9.17, 15) is 9.09 Å². The minimum Gasteiger partial charge on any atom is -0.396 e. The number of halogens is 1. The highest BCUT2D eigenvalue weighted by molar-refractivity contribution is 7.52. The summed E-state index contributed by atoms with van der Waals surface area (Å²) in [5.41, 5.74) is 0. The molecule has 2 N–H and O–H groups in total. The first-order valence-corrected chi connectivity index (χ1v) is 4.61. The maximum atomic E-state index is 11.1. The van der Waals surface area contributed by atoms with Crippen molar-refractivity contribution < 1.29 is 23.8 Å². The molecular weight excluding hydrogens is 162 g/mol. The second-order valence-corrected chi connectivity index (χ2v) is 3.72. The Hall–Kier alpha value is 0.0400. The third-order valence-corrected chi connectivity index (χ3v) is 2.05. The molecule has 0 fully saturated rings. The fourth-order valence-electron chi connectivity index (χ4n) is 0.458. The number of aliphatic hydroxyl groups excluding tert-OH is 1. The molecule has 0 aliphatic rings. The van der Waals surface area contributed by atoms with Gasteiger partial charge in [0.15, 0.2) is 0 Å². The van der Waals surface area contributed by atoms with Gasteiger partial charge >= 0.3 is 7.60 Å². The first-order chi connectivity index (χ1) is 4.62. The molecule has 0 aromatic heterocycles. The summed E-state index contributed by atoms with van der Waals surface area (Å²) in [6.07, 6.45) is 0.423. The molecule has 4 nitrogen and oxygen atoms in total. The summed E-state index contributed by atoms with van der Waals surface area (Å²) >= 11 is 0. The van der Waals surface area contributed by atoms with E-state index in [4.69, 9.17) is 10.00 Å². The summed E-state index contributed by atoms with van der Waals surface area (Å²) in [4.78, 5) is 8.43. The molecule has 0 aromatic carbocycles. The maximum absolute atomic E-state index is 11.1. The monoisotopic (exact) mass is 172 g/mol. The molecule has 0 heterocycles. The van der Waals surface area contributed by atoms with Gasteiger partial charge in [0.2, 0.25) is 0 Å². The lowest BCUT2D eigenvalue weighted by Crippen LogP contribution is -1.91. The van der Waals surface area contributed by atoms with E-state index in [1.165, 1.54) is 0 Å². The zero-order valence-corrected chi connectivity index (χ0v) is 6.26. The van der Waals surface area contributed by atoms with Gasteiger partial charge in [0, 0.05) is 6.61 Å². The first kappa shape index (κ1) is 10.0. The van der Waals surface area contributed by atoms with Crippen molar-refractivity contribution in [2.24, 2.45) is 0 Å². The van der Waals surface area contributed by atoms with Crippen LogP contribution in [0.2, 0.25) is 0 Å². The van der Waals surface area contributed by atoms with E-state index >= 15 is 0 Å². The standard InChI is InChI=1S/C4H10FO4P/c5-9-10(7,8)4-2-1-3-6/h6H,1-4H2,(H,7,8). The predicted octanol–water partition coefficient (Wildman–Crippen LogP) is 0.845. The van der Waals surface area contributed by atoms with Crippen LogP contribution in [0.1, 0.15) is 12.8 Å². The Labute approximate surface area is 58.1 Å². The molecule has 0 aliphatic carbocycles. The minimum absolute atomic E-state index is 0.0632. The molecule has 0 radical (unpaired) electrons.